The van der Waals surface area contributed by atoms with E-state index in [1.807, 2.05) is 25.1 Å². The number of aromatic nitrogens is 2. The molecule has 1 N–H and O–H groups in total. The number of nitrogens with one attached hydrogen (secondary N) is 1. The molecule has 126 valence electrons. The molecule has 0 fully saturated rings. The normalized spacial score (nSPS) is 12.9. The summed E-state index contributed by atoms with van der Waals surface area (Å²) in [7, 11) is 0. The Hall–Kier alpha value is -2.76. The molecule has 0 spiro atoms. The number of rotatable bonds is 7. The van der Waals surface area contributed by atoms with Crippen molar-refractivity contribution in [2.24, 2.45) is 0 Å². The lowest BCUT2D eigenvalue weighted by atomic mass is 10.1. The Morgan fingerprint density at radius 3 is 2.58 bits per heavy atom. The fourth-order valence-electron chi connectivity index (χ4n) is 2.14. The molecule has 24 heavy (non-hydrogen) atoms. The molecule has 2 atom stereocenters. The number of hydrogen-bond acceptors (Lipinski definition) is 5. The number of nitrogens with zero attached hydrogens (tertiary/aromatic N) is 2. The van der Waals surface area contributed by atoms with Gasteiger partial charge in [0, 0.05) is 18.4 Å². The van der Waals surface area contributed by atoms with Crippen LogP contribution in [0.25, 0.3) is 0 Å². The van der Waals surface area contributed by atoms with Gasteiger partial charge in [0.05, 0.1) is 6.20 Å². The van der Waals surface area contributed by atoms with E-state index in [2.05, 4.69) is 27.4 Å². The second kappa shape index (κ2) is 8.76. The van der Waals surface area contributed by atoms with Crippen LogP contribution in [-0.4, -0.2) is 34.0 Å². The molecule has 0 unspecified atom stereocenters. The Morgan fingerprint density at radius 1 is 1.17 bits per heavy atom. The van der Waals surface area contributed by atoms with Crippen LogP contribution < -0.4 is 5.32 Å². The molecule has 0 aliphatic carbocycles. The summed E-state index contributed by atoms with van der Waals surface area (Å²) in [4.78, 5) is 31.6. The van der Waals surface area contributed by atoms with E-state index in [4.69, 9.17) is 4.74 Å². The van der Waals surface area contributed by atoms with Gasteiger partial charge < -0.3 is 10.1 Å². The number of aryl methyl sites for hydroxylation is 1. The van der Waals surface area contributed by atoms with Gasteiger partial charge in [0.2, 0.25) is 0 Å². The van der Waals surface area contributed by atoms with Crippen LogP contribution in [0.4, 0.5) is 0 Å². The van der Waals surface area contributed by atoms with Crippen LogP contribution in [-0.2, 0) is 16.0 Å². The molecule has 0 saturated carbocycles. The van der Waals surface area contributed by atoms with Crippen LogP contribution in [0.2, 0.25) is 0 Å². The predicted molar refractivity (Wildman–Crippen MR) is 89.3 cm³/mol. The summed E-state index contributed by atoms with van der Waals surface area (Å²) in [6.07, 6.45) is 4.94. The first-order valence-electron chi connectivity index (χ1n) is 7.87. The summed E-state index contributed by atoms with van der Waals surface area (Å²) in [5, 5.41) is 2.85. The largest absolute Gasteiger partial charge is 0.448 e. The molecule has 0 aliphatic rings. The summed E-state index contributed by atoms with van der Waals surface area (Å²) in [6.45, 7) is 3.46. The van der Waals surface area contributed by atoms with E-state index in [0.29, 0.717) is 0 Å². The van der Waals surface area contributed by atoms with E-state index in [-0.39, 0.29) is 17.6 Å². The highest BCUT2D eigenvalue weighted by atomic mass is 16.5. The van der Waals surface area contributed by atoms with Gasteiger partial charge in [-0.05, 0) is 32.3 Å². The fraction of sp³-hybridized carbons (Fsp3) is 0.333. The van der Waals surface area contributed by atoms with E-state index in [1.165, 1.54) is 31.1 Å². The van der Waals surface area contributed by atoms with E-state index >= 15 is 0 Å². The summed E-state index contributed by atoms with van der Waals surface area (Å²) >= 11 is 0. The molecule has 6 nitrogen and oxygen atoms in total. The van der Waals surface area contributed by atoms with Crippen molar-refractivity contribution >= 4 is 11.9 Å². The second-order valence-electron chi connectivity index (χ2n) is 5.57. The van der Waals surface area contributed by atoms with Gasteiger partial charge in [-0.1, -0.05) is 30.3 Å². The molecular formula is C18H21N3O3. The number of esters is 1. The first-order chi connectivity index (χ1) is 11.6. The number of carbonyl (C=O) groups is 2. The minimum atomic E-state index is -0.890. The maximum absolute atomic E-state index is 12.1. The number of carbonyl (C=O) groups excluding carboxylic acids is 2. The SMILES string of the molecule is C[C@H](CCc1ccccc1)NC(=O)[C@@H](C)OC(=O)c1cnccn1. The minimum Gasteiger partial charge on any atom is -0.448 e. The van der Waals surface area contributed by atoms with Crippen LogP contribution in [0, 0.1) is 0 Å². The molecule has 1 aromatic carbocycles. The summed E-state index contributed by atoms with van der Waals surface area (Å²) in [6, 6.07) is 10.1. The molecule has 2 aromatic rings. The van der Waals surface area contributed by atoms with Crippen LogP contribution >= 0.6 is 0 Å². The standard InChI is InChI=1S/C18H21N3O3/c1-13(8-9-15-6-4-3-5-7-15)21-17(22)14(2)24-18(23)16-12-19-10-11-20-16/h3-7,10-14H,8-9H2,1-2H3,(H,21,22)/t13-,14-/m1/s1. The smallest absolute Gasteiger partial charge is 0.359 e. The summed E-state index contributed by atoms with van der Waals surface area (Å²) < 4.78 is 5.11. The summed E-state index contributed by atoms with van der Waals surface area (Å²) in [5.74, 6) is -0.990. The third-order valence-electron chi connectivity index (χ3n) is 3.52. The Labute approximate surface area is 141 Å². The fourth-order valence-corrected chi connectivity index (χ4v) is 2.14. The lowest BCUT2D eigenvalue weighted by Crippen LogP contribution is -2.41. The van der Waals surface area contributed by atoms with Crippen molar-refractivity contribution in [3.05, 3.63) is 60.2 Å². The summed E-state index contributed by atoms with van der Waals surface area (Å²) in [5.41, 5.74) is 1.30. The van der Waals surface area contributed by atoms with Crippen molar-refractivity contribution in [3.63, 3.8) is 0 Å². The van der Waals surface area contributed by atoms with Crippen LogP contribution in [0.5, 0.6) is 0 Å². The van der Waals surface area contributed by atoms with E-state index in [9.17, 15) is 9.59 Å². The van der Waals surface area contributed by atoms with Gasteiger partial charge in [0.1, 0.15) is 0 Å². The molecule has 2 rings (SSSR count). The highest BCUT2D eigenvalue weighted by molar-refractivity contribution is 5.90. The first kappa shape index (κ1) is 17.6. The van der Waals surface area contributed by atoms with Gasteiger partial charge in [-0.3, -0.25) is 9.78 Å². The molecule has 1 heterocycles. The van der Waals surface area contributed by atoms with Crippen LogP contribution in [0.15, 0.2) is 48.9 Å². The highest BCUT2D eigenvalue weighted by Gasteiger charge is 2.21. The monoisotopic (exact) mass is 327 g/mol. The van der Waals surface area contributed by atoms with E-state index in [0.717, 1.165) is 12.8 Å². The zero-order chi connectivity index (χ0) is 17.4. The quantitative estimate of drug-likeness (QED) is 0.788. The van der Waals surface area contributed by atoms with Gasteiger partial charge in [0.15, 0.2) is 11.8 Å². The van der Waals surface area contributed by atoms with Crippen LogP contribution in [0.3, 0.4) is 0 Å². The van der Waals surface area contributed by atoms with Crippen molar-refractivity contribution in [2.45, 2.75) is 38.8 Å². The predicted octanol–water partition coefficient (Wildman–Crippen LogP) is 2.16. The third kappa shape index (κ3) is 5.46. The van der Waals surface area contributed by atoms with E-state index < -0.39 is 12.1 Å². The average molecular weight is 327 g/mol. The highest BCUT2D eigenvalue weighted by Crippen LogP contribution is 2.06. The van der Waals surface area contributed by atoms with Crippen molar-refractivity contribution < 1.29 is 14.3 Å². The third-order valence-corrected chi connectivity index (χ3v) is 3.52. The number of hydrogen-bond donors (Lipinski definition) is 1. The van der Waals surface area contributed by atoms with Gasteiger partial charge >= 0.3 is 5.97 Å². The Balaban J connectivity index is 1.77. The molecule has 0 saturated heterocycles. The Morgan fingerprint density at radius 2 is 1.92 bits per heavy atom. The number of amides is 1. The molecule has 1 aromatic heterocycles. The van der Waals surface area contributed by atoms with Crippen LogP contribution in [0.1, 0.15) is 36.3 Å². The topological polar surface area (TPSA) is 81.2 Å². The Kier molecular flexibility index (Phi) is 6.42. The lowest BCUT2D eigenvalue weighted by molar-refractivity contribution is -0.129. The van der Waals surface area contributed by atoms with Gasteiger partial charge in [-0.2, -0.15) is 0 Å². The molecule has 0 aliphatic heterocycles. The maximum atomic E-state index is 12.1. The van der Waals surface area contributed by atoms with Crippen molar-refractivity contribution in [3.8, 4) is 0 Å². The first-order valence-corrected chi connectivity index (χ1v) is 7.87. The molecule has 1 amide bonds. The molecule has 6 heteroatoms. The lowest BCUT2D eigenvalue weighted by Gasteiger charge is -2.17. The van der Waals surface area contributed by atoms with Gasteiger partial charge in [-0.15, -0.1) is 0 Å². The van der Waals surface area contributed by atoms with E-state index in [1.54, 1.807) is 0 Å². The number of benzene rings is 1. The second-order valence-corrected chi connectivity index (χ2v) is 5.57. The molecule has 0 radical (unpaired) electrons. The zero-order valence-electron chi connectivity index (χ0n) is 13.8. The number of ether oxygens (including phenoxy) is 1. The van der Waals surface area contributed by atoms with Gasteiger partial charge in [0.25, 0.3) is 5.91 Å². The average Bonchev–Trinajstić information content (AvgIpc) is 2.61. The molecule has 0 bridgehead atoms. The minimum absolute atomic E-state index is 0.0182. The zero-order valence-corrected chi connectivity index (χ0v) is 13.8. The van der Waals surface area contributed by atoms with Crippen molar-refractivity contribution in [1.29, 1.82) is 0 Å². The van der Waals surface area contributed by atoms with Crippen molar-refractivity contribution in [1.82, 2.24) is 15.3 Å². The molecular weight excluding hydrogens is 306 g/mol. The Bertz CT molecular complexity index is 662. The van der Waals surface area contributed by atoms with Gasteiger partial charge in [-0.25, -0.2) is 9.78 Å². The van der Waals surface area contributed by atoms with Crippen molar-refractivity contribution in [2.75, 3.05) is 0 Å². The maximum Gasteiger partial charge on any atom is 0.359 e.